The number of halogens is 1. The van der Waals surface area contributed by atoms with Crippen molar-refractivity contribution >= 4 is 32.7 Å². The van der Waals surface area contributed by atoms with E-state index in [0.29, 0.717) is 50.6 Å². The quantitative estimate of drug-likeness (QED) is 0.562. The summed E-state index contributed by atoms with van der Waals surface area (Å²) in [6.07, 6.45) is 0. The summed E-state index contributed by atoms with van der Waals surface area (Å²) in [6.45, 7) is 2.46. The Morgan fingerprint density at radius 2 is 1.73 bits per heavy atom. The van der Waals surface area contributed by atoms with Crippen LogP contribution in [0.4, 0.5) is 0 Å². The van der Waals surface area contributed by atoms with Gasteiger partial charge in [-0.1, -0.05) is 0 Å². The Morgan fingerprint density at radius 1 is 1.07 bits per heavy atom. The first-order valence-electron chi connectivity index (χ1n) is 9.19. The van der Waals surface area contributed by atoms with Gasteiger partial charge >= 0.3 is 0 Å². The van der Waals surface area contributed by atoms with Gasteiger partial charge in [0.2, 0.25) is 0 Å². The van der Waals surface area contributed by atoms with Crippen molar-refractivity contribution in [2.75, 3.05) is 27.9 Å². The summed E-state index contributed by atoms with van der Waals surface area (Å²) in [7, 11) is 4.58. The second kappa shape index (κ2) is 9.17. The first-order valence-corrected chi connectivity index (χ1v) is 9.98. The van der Waals surface area contributed by atoms with E-state index in [9.17, 15) is 9.59 Å². The van der Waals surface area contributed by atoms with Gasteiger partial charge in [0, 0.05) is 18.2 Å². The molecule has 1 heterocycles. The van der Waals surface area contributed by atoms with Gasteiger partial charge in [-0.3, -0.25) is 9.59 Å². The number of nitrogens with one attached hydrogen (secondary N) is 1. The van der Waals surface area contributed by atoms with E-state index in [1.165, 1.54) is 14.2 Å². The molecule has 0 bridgehead atoms. The van der Waals surface area contributed by atoms with Gasteiger partial charge < -0.3 is 24.1 Å². The highest BCUT2D eigenvalue weighted by Crippen LogP contribution is 2.30. The van der Waals surface area contributed by atoms with Gasteiger partial charge in [-0.25, -0.2) is 4.98 Å². The van der Waals surface area contributed by atoms with E-state index in [-0.39, 0.29) is 18.0 Å². The fourth-order valence-electron chi connectivity index (χ4n) is 3.08. The number of H-pyrrole nitrogens is 1. The second-order valence-corrected chi connectivity index (χ2v) is 7.26. The Kier molecular flexibility index (Phi) is 6.61. The molecular weight excluding hydrogens is 454 g/mol. The van der Waals surface area contributed by atoms with Crippen LogP contribution in [0.15, 0.2) is 39.6 Å². The zero-order valence-corrected chi connectivity index (χ0v) is 18.7. The number of carbonyl (C=O) groups excluding carboxylic acids is 1. The number of aromatic amines is 1. The van der Waals surface area contributed by atoms with Crippen LogP contribution in [0.2, 0.25) is 0 Å². The van der Waals surface area contributed by atoms with E-state index in [1.807, 2.05) is 6.92 Å². The number of hydrogen-bond acceptors (Lipinski definition) is 6. The minimum Gasteiger partial charge on any atom is -0.496 e. The molecule has 3 rings (SSSR count). The van der Waals surface area contributed by atoms with Crippen molar-refractivity contribution in [1.29, 1.82) is 0 Å². The number of fused-ring (bicyclic) bond motifs is 1. The molecule has 0 unspecified atom stereocenters. The highest BCUT2D eigenvalue weighted by molar-refractivity contribution is 9.10. The zero-order chi connectivity index (χ0) is 21.8. The van der Waals surface area contributed by atoms with Gasteiger partial charge in [0.25, 0.3) is 11.5 Å². The van der Waals surface area contributed by atoms with E-state index in [4.69, 9.17) is 14.2 Å². The maximum atomic E-state index is 13.0. The molecule has 0 saturated carbocycles. The highest BCUT2D eigenvalue weighted by Gasteiger charge is 2.18. The van der Waals surface area contributed by atoms with E-state index in [1.54, 1.807) is 42.3 Å². The third-order valence-electron chi connectivity index (χ3n) is 4.67. The van der Waals surface area contributed by atoms with E-state index < -0.39 is 0 Å². The number of carbonyl (C=O) groups is 1. The van der Waals surface area contributed by atoms with Gasteiger partial charge in [-0.05, 0) is 47.1 Å². The largest absolute Gasteiger partial charge is 0.496 e. The number of aromatic nitrogens is 2. The van der Waals surface area contributed by atoms with Gasteiger partial charge in [0.15, 0.2) is 11.5 Å². The predicted molar refractivity (Wildman–Crippen MR) is 117 cm³/mol. The summed E-state index contributed by atoms with van der Waals surface area (Å²) in [4.78, 5) is 34.4. The number of nitrogens with zero attached hydrogens (tertiary/aromatic N) is 2. The van der Waals surface area contributed by atoms with Gasteiger partial charge in [-0.15, -0.1) is 0 Å². The zero-order valence-electron chi connectivity index (χ0n) is 17.1. The fourth-order valence-corrected chi connectivity index (χ4v) is 3.62. The smallest absolute Gasteiger partial charge is 0.258 e. The monoisotopic (exact) mass is 475 g/mol. The average Bonchev–Trinajstić information content (AvgIpc) is 2.76. The summed E-state index contributed by atoms with van der Waals surface area (Å²) in [5, 5.41) is 0.379. The molecule has 0 aliphatic heterocycles. The number of hydrogen-bond donors (Lipinski definition) is 1. The minimum atomic E-state index is -0.313. The Balaban J connectivity index is 1.94. The van der Waals surface area contributed by atoms with Gasteiger partial charge in [-0.2, -0.15) is 0 Å². The van der Waals surface area contributed by atoms with E-state index in [0.717, 1.165) is 0 Å². The van der Waals surface area contributed by atoms with Crippen molar-refractivity contribution in [2.45, 2.75) is 13.5 Å². The molecule has 0 saturated heterocycles. The standard InChI is InChI=1S/C21H22BrN3O5/c1-5-25(21(27)12-6-7-16(28-2)14(22)8-12)11-19-23-15-10-18(30-4)17(29-3)9-13(15)20(26)24-19/h6-10H,5,11H2,1-4H3,(H,23,24,26). The number of ether oxygens (including phenoxy) is 3. The minimum absolute atomic E-state index is 0.151. The van der Waals surface area contributed by atoms with E-state index in [2.05, 4.69) is 25.9 Å². The van der Waals surface area contributed by atoms with Crippen molar-refractivity contribution < 1.29 is 19.0 Å². The molecule has 3 aromatic rings. The summed E-state index contributed by atoms with van der Waals surface area (Å²) in [6, 6.07) is 8.35. The number of amides is 1. The lowest BCUT2D eigenvalue weighted by atomic mass is 10.2. The summed E-state index contributed by atoms with van der Waals surface area (Å²) >= 11 is 3.40. The SMILES string of the molecule is CCN(Cc1nc2cc(OC)c(OC)cc2c(=O)[nH]1)C(=O)c1ccc(OC)c(Br)c1. The van der Waals surface area contributed by atoms with Crippen LogP contribution >= 0.6 is 15.9 Å². The summed E-state index contributed by atoms with van der Waals surface area (Å²) in [5.74, 6) is 1.75. The molecule has 0 spiro atoms. The maximum Gasteiger partial charge on any atom is 0.258 e. The van der Waals surface area contributed by atoms with E-state index >= 15 is 0 Å². The molecule has 158 valence electrons. The molecule has 2 aromatic carbocycles. The Labute approximate surface area is 181 Å². The maximum absolute atomic E-state index is 13.0. The van der Waals surface area contributed by atoms with Crippen LogP contribution in [0.25, 0.3) is 10.9 Å². The van der Waals surface area contributed by atoms with Crippen molar-refractivity contribution in [3.63, 3.8) is 0 Å². The molecular formula is C21H22BrN3O5. The fraction of sp³-hybridized carbons (Fsp3) is 0.286. The Morgan fingerprint density at radius 3 is 2.33 bits per heavy atom. The Bertz CT molecular complexity index is 1150. The molecule has 0 aliphatic carbocycles. The van der Waals surface area contributed by atoms with Crippen LogP contribution in [0.1, 0.15) is 23.1 Å². The van der Waals surface area contributed by atoms with Crippen molar-refractivity contribution in [3.8, 4) is 17.2 Å². The summed E-state index contributed by atoms with van der Waals surface area (Å²) in [5.41, 5.74) is 0.646. The van der Waals surface area contributed by atoms with Crippen LogP contribution in [0.5, 0.6) is 17.2 Å². The molecule has 1 N–H and O–H groups in total. The number of methoxy groups -OCH3 is 3. The van der Waals surface area contributed by atoms with Crippen LogP contribution in [-0.4, -0.2) is 48.6 Å². The van der Waals surface area contributed by atoms with Crippen molar-refractivity contribution in [1.82, 2.24) is 14.9 Å². The lowest BCUT2D eigenvalue weighted by molar-refractivity contribution is 0.0748. The molecule has 0 aliphatic rings. The molecule has 1 aromatic heterocycles. The molecule has 0 radical (unpaired) electrons. The van der Waals surface area contributed by atoms with Gasteiger partial charge in [0.1, 0.15) is 11.6 Å². The molecule has 9 heteroatoms. The first kappa shape index (κ1) is 21.6. The number of rotatable bonds is 7. The van der Waals surface area contributed by atoms with Gasteiger partial charge in [0.05, 0.1) is 43.2 Å². The molecule has 8 nitrogen and oxygen atoms in total. The molecule has 30 heavy (non-hydrogen) atoms. The van der Waals surface area contributed by atoms with Crippen molar-refractivity contribution in [3.05, 3.63) is 56.5 Å². The lowest BCUT2D eigenvalue weighted by Gasteiger charge is -2.21. The third-order valence-corrected chi connectivity index (χ3v) is 5.29. The highest BCUT2D eigenvalue weighted by atomic mass is 79.9. The second-order valence-electron chi connectivity index (χ2n) is 6.41. The number of benzene rings is 2. The third kappa shape index (κ3) is 4.25. The Hall–Kier alpha value is -3.07. The molecule has 0 atom stereocenters. The predicted octanol–water partition coefficient (Wildman–Crippen LogP) is 3.37. The molecule has 0 fully saturated rings. The van der Waals surface area contributed by atoms with Crippen molar-refractivity contribution in [2.24, 2.45) is 0 Å². The molecule has 1 amide bonds. The summed E-state index contributed by atoms with van der Waals surface area (Å²) < 4.78 is 16.4. The van der Waals surface area contributed by atoms with Crippen LogP contribution in [0, 0.1) is 0 Å². The van der Waals surface area contributed by atoms with Crippen LogP contribution in [-0.2, 0) is 6.54 Å². The first-order chi connectivity index (χ1) is 14.4. The van der Waals surface area contributed by atoms with Crippen LogP contribution in [0.3, 0.4) is 0 Å². The van der Waals surface area contributed by atoms with Crippen LogP contribution < -0.4 is 19.8 Å². The lowest BCUT2D eigenvalue weighted by Crippen LogP contribution is -2.32. The topological polar surface area (TPSA) is 93.8 Å². The normalized spacial score (nSPS) is 10.7. The average molecular weight is 476 g/mol.